The summed E-state index contributed by atoms with van der Waals surface area (Å²) in [7, 11) is 3.99. The Bertz CT molecular complexity index is 897. The number of nitrogens with zero attached hydrogens (tertiary/aromatic N) is 5. The first-order valence-corrected chi connectivity index (χ1v) is 9.05. The van der Waals surface area contributed by atoms with Gasteiger partial charge in [0, 0.05) is 49.9 Å². The van der Waals surface area contributed by atoms with E-state index < -0.39 is 0 Å². The molecule has 0 atom stereocenters. The van der Waals surface area contributed by atoms with E-state index in [9.17, 15) is 4.79 Å². The number of hydrogen-bond donors (Lipinski definition) is 2. The number of nitrogens with two attached hydrogens (primary N) is 1. The molecule has 1 aliphatic carbocycles. The van der Waals surface area contributed by atoms with Gasteiger partial charge in [0.2, 0.25) is 11.9 Å². The van der Waals surface area contributed by atoms with Crippen LogP contribution < -0.4 is 21.1 Å². The van der Waals surface area contributed by atoms with E-state index in [1.165, 1.54) is 0 Å². The first-order valence-electron chi connectivity index (χ1n) is 9.05. The first kappa shape index (κ1) is 16.8. The second-order valence-corrected chi connectivity index (χ2v) is 7.62. The van der Waals surface area contributed by atoms with Crippen LogP contribution in [0, 0.1) is 6.92 Å². The highest BCUT2D eigenvalue weighted by Gasteiger charge is 2.44. The van der Waals surface area contributed by atoms with Gasteiger partial charge in [0.15, 0.2) is 0 Å². The standard InChI is InChI=1S/C18H25N7O/c1-11-10-20-17(22-14(11)24(2)3)25-8-6-18(7-9-25)5-4-12-13(18)21-16(19)23-15(12)26/h10H,4-9H2,1-3H3,(H3,19,21,23,26). The summed E-state index contributed by atoms with van der Waals surface area (Å²) >= 11 is 0. The van der Waals surface area contributed by atoms with Gasteiger partial charge in [-0.25, -0.2) is 9.97 Å². The van der Waals surface area contributed by atoms with Gasteiger partial charge in [-0.2, -0.15) is 4.98 Å². The third kappa shape index (κ3) is 2.60. The van der Waals surface area contributed by atoms with E-state index in [4.69, 9.17) is 10.7 Å². The summed E-state index contributed by atoms with van der Waals surface area (Å²) in [5, 5.41) is 0. The Morgan fingerprint density at radius 1 is 1.23 bits per heavy atom. The largest absolute Gasteiger partial charge is 0.369 e. The van der Waals surface area contributed by atoms with Crippen LogP contribution in [0.5, 0.6) is 0 Å². The molecule has 3 heterocycles. The zero-order valence-electron chi connectivity index (χ0n) is 15.5. The van der Waals surface area contributed by atoms with Crippen LogP contribution in [0.4, 0.5) is 17.7 Å². The fourth-order valence-electron chi connectivity index (χ4n) is 4.32. The van der Waals surface area contributed by atoms with Crippen LogP contribution in [0.2, 0.25) is 0 Å². The molecule has 1 saturated heterocycles. The molecule has 0 saturated carbocycles. The van der Waals surface area contributed by atoms with Crippen LogP contribution in [0.15, 0.2) is 11.0 Å². The lowest BCUT2D eigenvalue weighted by Crippen LogP contribution is -2.43. The molecule has 2 aromatic heterocycles. The molecule has 26 heavy (non-hydrogen) atoms. The summed E-state index contributed by atoms with van der Waals surface area (Å²) in [6.07, 6.45) is 5.50. The number of piperidine rings is 1. The van der Waals surface area contributed by atoms with Gasteiger partial charge in [0.1, 0.15) is 5.82 Å². The van der Waals surface area contributed by atoms with Gasteiger partial charge >= 0.3 is 0 Å². The van der Waals surface area contributed by atoms with Crippen LogP contribution in [0.3, 0.4) is 0 Å². The molecule has 1 fully saturated rings. The third-order valence-corrected chi connectivity index (χ3v) is 5.75. The number of nitrogen functional groups attached to an aromatic ring is 1. The maximum absolute atomic E-state index is 12.2. The summed E-state index contributed by atoms with van der Waals surface area (Å²) < 4.78 is 0. The molecule has 8 nitrogen and oxygen atoms in total. The highest BCUT2D eigenvalue weighted by atomic mass is 16.1. The fourth-order valence-corrected chi connectivity index (χ4v) is 4.32. The Kier molecular flexibility index (Phi) is 3.86. The molecule has 0 unspecified atom stereocenters. The third-order valence-electron chi connectivity index (χ3n) is 5.75. The van der Waals surface area contributed by atoms with E-state index in [0.717, 1.165) is 67.4 Å². The number of anilines is 3. The molecule has 0 bridgehead atoms. The zero-order valence-corrected chi connectivity index (χ0v) is 15.5. The topological polar surface area (TPSA) is 104 Å². The molecular formula is C18H25N7O. The molecule has 138 valence electrons. The second-order valence-electron chi connectivity index (χ2n) is 7.62. The number of aromatic amines is 1. The van der Waals surface area contributed by atoms with Gasteiger partial charge in [-0.1, -0.05) is 0 Å². The lowest BCUT2D eigenvalue weighted by Gasteiger charge is -2.39. The molecule has 4 rings (SSSR count). The van der Waals surface area contributed by atoms with Crippen LogP contribution in [-0.4, -0.2) is 47.1 Å². The normalized spacial score (nSPS) is 18.2. The van der Waals surface area contributed by atoms with E-state index >= 15 is 0 Å². The molecule has 3 N–H and O–H groups in total. The lowest BCUT2D eigenvalue weighted by molar-refractivity contribution is 0.321. The summed E-state index contributed by atoms with van der Waals surface area (Å²) in [6.45, 7) is 3.72. The molecule has 1 spiro atoms. The minimum Gasteiger partial charge on any atom is -0.369 e. The number of rotatable bonds is 2. The minimum atomic E-state index is -0.0794. The predicted octanol–water partition coefficient (Wildman–Crippen LogP) is 1.00. The highest BCUT2D eigenvalue weighted by molar-refractivity contribution is 5.49. The van der Waals surface area contributed by atoms with Crippen molar-refractivity contribution in [2.75, 3.05) is 42.7 Å². The van der Waals surface area contributed by atoms with Crippen molar-refractivity contribution in [1.82, 2.24) is 19.9 Å². The lowest BCUT2D eigenvalue weighted by atomic mass is 9.76. The molecule has 0 radical (unpaired) electrons. The number of fused-ring (bicyclic) bond motifs is 2. The number of nitrogens with one attached hydrogen (secondary N) is 1. The van der Waals surface area contributed by atoms with E-state index in [1.807, 2.05) is 32.1 Å². The van der Waals surface area contributed by atoms with Crippen LogP contribution in [0.25, 0.3) is 0 Å². The smallest absolute Gasteiger partial charge is 0.255 e. The van der Waals surface area contributed by atoms with E-state index in [2.05, 4.69) is 19.9 Å². The maximum Gasteiger partial charge on any atom is 0.255 e. The van der Waals surface area contributed by atoms with E-state index in [1.54, 1.807) is 0 Å². The summed E-state index contributed by atoms with van der Waals surface area (Å²) in [5.41, 5.74) is 8.47. The molecule has 8 heteroatoms. The van der Waals surface area contributed by atoms with Gasteiger partial charge in [-0.3, -0.25) is 9.78 Å². The van der Waals surface area contributed by atoms with E-state index in [-0.39, 0.29) is 16.9 Å². The van der Waals surface area contributed by atoms with Gasteiger partial charge in [-0.05, 0) is 32.6 Å². The summed E-state index contributed by atoms with van der Waals surface area (Å²) in [4.78, 5) is 32.8. The molecule has 2 aliphatic rings. The summed E-state index contributed by atoms with van der Waals surface area (Å²) in [5.74, 6) is 1.93. The van der Waals surface area contributed by atoms with Crippen LogP contribution in [-0.2, 0) is 11.8 Å². The Labute approximate surface area is 152 Å². The number of H-pyrrole nitrogens is 1. The fraction of sp³-hybridized carbons (Fsp3) is 0.556. The number of hydrogen-bond acceptors (Lipinski definition) is 7. The maximum atomic E-state index is 12.2. The monoisotopic (exact) mass is 355 g/mol. The van der Waals surface area contributed by atoms with Gasteiger partial charge < -0.3 is 15.5 Å². The second kappa shape index (κ2) is 5.96. The predicted molar refractivity (Wildman–Crippen MR) is 102 cm³/mol. The summed E-state index contributed by atoms with van der Waals surface area (Å²) in [6, 6.07) is 0. The average molecular weight is 355 g/mol. The Hall–Kier alpha value is -2.64. The molecule has 2 aromatic rings. The quantitative estimate of drug-likeness (QED) is 0.828. The van der Waals surface area contributed by atoms with Gasteiger partial charge in [0.25, 0.3) is 5.56 Å². The molecule has 1 aliphatic heterocycles. The zero-order chi connectivity index (χ0) is 18.5. The van der Waals surface area contributed by atoms with Gasteiger partial charge in [-0.15, -0.1) is 0 Å². The average Bonchev–Trinajstić information content (AvgIpc) is 2.94. The van der Waals surface area contributed by atoms with Gasteiger partial charge in [0.05, 0.1) is 5.69 Å². The highest BCUT2D eigenvalue weighted by Crippen LogP contribution is 2.44. The van der Waals surface area contributed by atoms with Crippen molar-refractivity contribution in [1.29, 1.82) is 0 Å². The van der Waals surface area contributed by atoms with E-state index in [0.29, 0.717) is 0 Å². The Balaban J connectivity index is 1.58. The minimum absolute atomic E-state index is 0.0384. The first-order chi connectivity index (χ1) is 12.4. The van der Waals surface area contributed by atoms with Crippen molar-refractivity contribution in [3.63, 3.8) is 0 Å². The molecule has 0 aromatic carbocycles. The van der Waals surface area contributed by atoms with Crippen molar-refractivity contribution in [3.05, 3.63) is 33.4 Å². The number of aromatic nitrogens is 4. The van der Waals surface area contributed by atoms with Crippen molar-refractivity contribution >= 4 is 17.7 Å². The van der Waals surface area contributed by atoms with Crippen molar-refractivity contribution < 1.29 is 0 Å². The van der Waals surface area contributed by atoms with Crippen LogP contribution in [0.1, 0.15) is 36.1 Å². The Morgan fingerprint density at radius 2 is 1.96 bits per heavy atom. The SMILES string of the molecule is Cc1cnc(N2CCC3(CCc4c3nc(N)[nH]c4=O)CC2)nc1N(C)C. The van der Waals surface area contributed by atoms with Crippen LogP contribution >= 0.6 is 0 Å². The molecular weight excluding hydrogens is 330 g/mol. The number of aryl methyl sites for hydroxylation is 1. The van der Waals surface area contributed by atoms with Crippen molar-refractivity contribution in [3.8, 4) is 0 Å². The Morgan fingerprint density at radius 3 is 2.65 bits per heavy atom. The molecule has 0 amide bonds. The van der Waals surface area contributed by atoms with Crippen molar-refractivity contribution in [2.45, 2.75) is 38.0 Å². The van der Waals surface area contributed by atoms with Crippen molar-refractivity contribution in [2.24, 2.45) is 0 Å².